The lowest BCUT2D eigenvalue weighted by molar-refractivity contribution is -0.110. The minimum atomic E-state index is 0.183. The Hall–Kier alpha value is -0.930. The molecule has 1 saturated heterocycles. The van der Waals surface area contributed by atoms with Crippen molar-refractivity contribution in [1.82, 2.24) is 10.3 Å². The van der Waals surface area contributed by atoms with Crippen LogP contribution in [0.25, 0.3) is 0 Å². The monoisotopic (exact) mass is 274 g/mol. The first-order valence-corrected chi connectivity index (χ1v) is 8.07. The third-order valence-corrected chi connectivity index (χ3v) is 4.93. The standard InChI is InChI=1S/C17H26N2O/c1-14(15-6-5-10-18-13-15)19-16-7-11-20-17(12-16)8-3-2-4-9-17/h5-6,10,13-14,16,19H,2-4,7-9,11-12H2,1H3. The molecule has 1 aromatic heterocycles. The smallest absolute Gasteiger partial charge is 0.0697 e. The summed E-state index contributed by atoms with van der Waals surface area (Å²) in [6.07, 6.45) is 12.7. The van der Waals surface area contributed by atoms with Crippen LogP contribution >= 0.6 is 0 Å². The largest absolute Gasteiger partial charge is 0.375 e. The fourth-order valence-electron chi connectivity index (χ4n) is 3.80. The van der Waals surface area contributed by atoms with Crippen LogP contribution in [0.3, 0.4) is 0 Å². The SMILES string of the molecule is CC(NC1CCOC2(CCCCC2)C1)c1cccnc1. The first kappa shape index (κ1) is 14.0. The van der Waals surface area contributed by atoms with Crippen LogP contribution < -0.4 is 5.32 Å². The van der Waals surface area contributed by atoms with Crippen molar-refractivity contribution < 1.29 is 4.74 Å². The first-order valence-electron chi connectivity index (χ1n) is 8.07. The molecule has 0 radical (unpaired) electrons. The van der Waals surface area contributed by atoms with Gasteiger partial charge in [0, 0.05) is 31.1 Å². The van der Waals surface area contributed by atoms with Crippen molar-refractivity contribution >= 4 is 0 Å². The topological polar surface area (TPSA) is 34.1 Å². The maximum atomic E-state index is 6.17. The lowest BCUT2D eigenvalue weighted by Crippen LogP contribution is -2.48. The second-order valence-corrected chi connectivity index (χ2v) is 6.46. The molecule has 1 saturated carbocycles. The van der Waals surface area contributed by atoms with Gasteiger partial charge < -0.3 is 10.1 Å². The molecule has 2 fully saturated rings. The lowest BCUT2D eigenvalue weighted by atomic mass is 9.78. The van der Waals surface area contributed by atoms with Crippen molar-refractivity contribution in [3.63, 3.8) is 0 Å². The van der Waals surface area contributed by atoms with Gasteiger partial charge in [-0.3, -0.25) is 4.98 Å². The zero-order chi connectivity index (χ0) is 13.8. The highest BCUT2D eigenvalue weighted by Gasteiger charge is 2.38. The molecule has 2 aliphatic rings. The zero-order valence-corrected chi connectivity index (χ0v) is 12.5. The molecule has 0 bridgehead atoms. The van der Waals surface area contributed by atoms with Crippen molar-refractivity contribution in [3.05, 3.63) is 30.1 Å². The molecule has 2 unspecified atom stereocenters. The Labute approximate surface area is 122 Å². The number of hydrogen-bond acceptors (Lipinski definition) is 3. The van der Waals surface area contributed by atoms with E-state index in [1.807, 2.05) is 18.5 Å². The van der Waals surface area contributed by atoms with Crippen LogP contribution in [-0.4, -0.2) is 23.2 Å². The predicted molar refractivity (Wildman–Crippen MR) is 80.6 cm³/mol. The Bertz CT molecular complexity index is 409. The van der Waals surface area contributed by atoms with Gasteiger partial charge in [-0.15, -0.1) is 0 Å². The molecular weight excluding hydrogens is 248 g/mol. The fourth-order valence-corrected chi connectivity index (χ4v) is 3.80. The van der Waals surface area contributed by atoms with Crippen LogP contribution in [0.15, 0.2) is 24.5 Å². The molecule has 3 heteroatoms. The van der Waals surface area contributed by atoms with Gasteiger partial charge in [-0.1, -0.05) is 25.3 Å². The normalized spacial score (nSPS) is 27.4. The fraction of sp³-hybridized carbons (Fsp3) is 0.706. The van der Waals surface area contributed by atoms with Gasteiger partial charge in [-0.25, -0.2) is 0 Å². The molecule has 3 rings (SSSR count). The Balaban J connectivity index is 1.60. The molecule has 1 aliphatic carbocycles. The van der Waals surface area contributed by atoms with Crippen LogP contribution in [0.5, 0.6) is 0 Å². The highest BCUT2D eigenvalue weighted by Crippen LogP contribution is 2.38. The Kier molecular flexibility index (Phi) is 4.37. The molecule has 1 spiro atoms. The van der Waals surface area contributed by atoms with Crippen molar-refractivity contribution in [2.45, 2.75) is 69.6 Å². The summed E-state index contributed by atoms with van der Waals surface area (Å²) >= 11 is 0. The van der Waals surface area contributed by atoms with Gasteiger partial charge in [0.1, 0.15) is 0 Å². The van der Waals surface area contributed by atoms with E-state index in [0.717, 1.165) is 13.0 Å². The van der Waals surface area contributed by atoms with Crippen LogP contribution in [0.2, 0.25) is 0 Å². The average molecular weight is 274 g/mol. The second kappa shape index (κ2) is 6.23. The number of aromatic nitrogens is 1. The Morgan fingerprint density at radius 3 is 2.95 bits per heavy atom. The molecule has 2 heterocycles. The van der Waals surface area contributed by atoms with Crippen LogP contribution in [-0.2, 0) is 4.74 Å². The number of nitrogens with one attached hydrogen (secondary N) is 1. The molecule has 0 amide bonds. The zero-order valence-electron chi connectivity index (χ0n) is 12.5. The molecule has 1 aromatic rings. The Morgan fingerprint density at radius 2 is 2.20 bits per heavy atom. The summed E-state index contributed by atoms with van der Waals surface area (Å²) in [5.74, 6) is 0. The molecule has 2 atom stereocenters. The average Bonchev–Trinajstić information content (AvgIpc) is 2.49. The summed E-state index contributed by atoms with van der Waals surface area (Å²) in [5, 5.41) is 3.79. The summed E-state index contributed by atoms with van der Waals surface area (Å²) in [4.78, 5) is 4.22. The number of nitrogens with zero attached hydrogens (tertiary/aromatic N) is 1. The van der Waals surface area contributed by atoms with Gasteiger partial charge in [0.25, 0.3) is 0 Å². The van der Waals surface area contributed by atoms with E-state index in [-0.39, 0.29) is 5.60 Å². The maximum absolute atomic E-state index is 6.17. The quantitative estimate of drug-likeness (QED) is 0.914. The second-order valence-electron chi connectivity index (χ2n) is 6.46. The van der Waals surface area contributed by atoms with Crippen LogP contribution in [0, 0.1) is 0 Å². The molecular formula is C17H26N2O. The predicted octanol–water partition coefficient (Wildman–Crippen LogP) is 3.61. The summed E-state index contributed by atoms with van der Waals surface area (Å²) in [5.41, 5.74) is 1.46. The minimum absolute atomic E-state index is 0.183. The van der Waals surface area contributed by atoms with E-state index in [2.05, 4.69) is 23.3 Å². The van der Waals surface area contributed by atoms with E-state index in [0.29, 0.717) is 12.1 Å². The highest BCUT2D eigenvalue weighted by atomic mass is 16.5. The number of ether oxygens (including phenoxy) is 1. The van der Waals surface area contributed by atoms with Crippen molar-refractivity contribution in [2.75, 3.05) is 6.61 Å². The third kappa shape index (κ3) is 3.21. The van der Waals surface area contributed by atoms with E-state index in [4.69, 9.17) is 4.74 Å². The molecule has 3 nitrogen and oxygen atoms in total. The van der Waals surface area contributed by atoms with Gasteiger partial charge >= 0.3 is 0 Å². The number of rotatable bonds is 3. The molecule has 20 heavy (non-hydrogen) atoms. The maximum Gasteiger partial charge on any atom is 0.0697 e. The van der Waals surface area contributed by atoms with Gasteiger partial charge in [-0.2, -0.15) is 0 Å². The Morgan fingerprint density at radius 1 is 1.35 bits per heavy atom. The molecule has 0 aromatic carbocycles. The molecule has 1 aliphatic heterocycles. The first-order chi connectivity index (χ1) is 9.77. The van der Waals surface area contributed by atoms with Crippen molar-refractivity contribution in [3.8, 4) is 0 Å². The summed E-state index contributed by atoms with van der Waals surface area (Å²) in [6.45, 7) is 3.15. The summed E-state index contributed by atoms with van der Waals surface area (Å²) in [7, 11) is 0. The van der Waals surface area contributed by atoms with E-state index in [1.165, 1.54) is 44.1 Å². The van der Waals surface area contributed by atoms with Gasteiger partial charge in [0.05, 0.1) is 5.60 Å². The van der Waals surface area contributed by atoms with E-state index < -0.39 is 0 Å². The molecule has 1 N–H and O–H groups in total. The van der Waals surface area contributed by atoms with Gasteiger partial charge in [0.2, 0.25) is 0 Å². The van der Waals surface area contributed by atoms with Crippen LogP contribution in [0.1, 0.15) is 63.5 Å². The van der Waals surface area contributed by atoms with E-state index >= 15 is 0 Å². The summed E-state index contributed by atoms with van der Waals surface area (Å²) < 4.78 is 6.17. The van der Waals surface area contributed by atoms with Crippen LogP contribution in [0.4, 0.5) is 0 Å². The van der Waals surface area contributed by atoms with E-state index in [9.17, 15) is 0 Å². The van der Waals surface area contributed by atoms with Crippen molar-refractivity contribution in [2.24, 2.45) is 0 Å². The van der Waals surface area contributed by atoms with Gasteiger partial charge in [0.15, 0.2) is 0 Å². The number of hydrogen-bond donors (Lipinski definition) is 1. The lowest BCUT2D eigenvalue weighted by Gasteiger charge is -2.44. The van der Waals surface area contributed by atoms with E-state index in [1.54, 1.807) is 0 Å². The van der Waals surface area contributed by atoms with Gasteiger partial charge in [-0.05, 0) is 44.2 Å². The highest BCUT2D eigenvalue weighted by molar-refractivity contribution is 5.13. The number of pyridine rings is 1. The minimum Gasteiger partial charge on any atom is -0.375 e. The molecule has 110 valence electrons. The summed E-state index contributed by atoms with van der Waals surface area (Å²) in [6, 6.07) is 5.12. The third-order valence-electron chi connectivity index (χ3n) is 4.93. The van der Waals surface area contributed by atoms with Crippen molar-refractivity contribution in [1.29, 1.82) is 0 Å².